The van der Waals surface area contributed by atoms with Crippen LogP contribution in [0, 0.1) is 11.3 Å². The lowest BCUT2D eigenvalue weighted by atomic mass is 9.52. The van der Waals surface area contributed by atoms with Crippen LogP contribution in [0.15, 0.2) is 47.3 Å². The van der Waals surface area contributed by atoms with Crippen LogP contribution in [-0.4, -0.2) is 68.1 Å². The van der Waals surface area contributed by atoms with Gasteiger partial charge >= 0.3 is 5.97 Å². The van der Waals surface area contributed by atoms with Crippen molar-refractivity contribution in [1.82, 2.24) is 15.1 Å². The summed E-state index contributed by atoms with van der Waals surface area (Å²) in [5.41, 5.74) is 3.70. The monoisotopic (exact) mass is 606 g/mol. The topological polar surface area (TPSA) is 102 Å². The Hall–Kier alpha value is -3.43. The molecule has 1 saturated heterocycles. The molecule has 4 heterocycles. The van der Waals surface area contributed by atoms with E-state index in [1.807, 2.05) is 12.1 Å². The zero-order chi connectivity index (χ0) is 30.1. The molecule has 4 aromatic rings. The third-order valence-electron chi connectivity index (χ3n) is 8.40. The van der Waals surface area contributed by atoms with E-state index < -0.39 is 11.3 Å². The number of hydrogen-bond donors (Lipinski definition) is 1. The highest BCUT2D eigenvalue weighted by Gasteiger charge is 2.51. The highest BCUT2D eigenvalue weighted by Crippen LogP contribution is 2.54. The molecule has 13 heteroatoms. The van der Waals surface area contributed by atoms with Crippen molar-refractivity contribution in [3.8, 4) is 17.0 Å². The van der Waals surface area contributed by atoms with E-state index in [9.17, 15) is 9.90 Å². The van der Waals surface area contributed by atoms with Gasteiger partial charge in [-0.15, -0.1) is 0 Å². The van der Waals surface area contributed by atoms with Crippen molar-refractivity contribution in [1.29, 1.82) is 0 Å². The zero-order valence-electron chi connectivity index (χ0n) is 23.0. The number of aromatic carboxylic acids is 1. The van der Waals surface area contributed by atoms with Crippen molar-refractivity contribution >= 4 is 75.4 Å². The van der Waals surface area contributed by atoms with Gasteiger partial charge in [-0.1, -0.05) is 40.5 Å². The largest absolute Gasteiger partial charge is 0.515 e. The summed E-state index contributed by atoms with van der Waals surface area (Å²) >= 11 is 12.9. The third kappa shape index (κ3) is 5.42. The summed E-state index contributed by atoms with van der Waals surface area (Å²) in [6.07, 6.45) is 11.8. The van der Waals surface area contributed by atoms with Crippen LogP contribution >= 0.6 is 23.2 Å². The first-order valence-electron chi connectivity index (χ1n) is 13.9. The van der Waals surface area contributed by atoms with Crippen LogP contribution in [0.5, 0.6) is 5.75 Å². The molecule has 43 heavy (non-hydrogen) atoms. The quantitative estimate of drug-likeness (QED) is 0.259. The summed E-state index contributed by atoms with van der Waals surface area (Å²) in [6.45, 7) is 1.81. The standard InChI is InChI=1S/C30H23B3Cl2N4O4/c31-30(32,33)42-24-8-23(28(40)41)37-22-6-4-17(7-19(22)24)39-13-29(14-39)9-15(10-29)1-5-18-26(38-43-27(18)16-2-3-16)25-20(34)11-36-12-21(25)35/h1,4-8,11-12,15-16H,2-3,9-10,13-14H2,(H,40,41)/b5-1+. The number of rotatable bonds is 8. The van der Waals surface area contributed by atoms with E-state index in [1.54, 1.807) is 18.5 Å². The molecule has 0 amide bonds. The molecule has 0 unspecified atom stereocenters. The molecule has 210 valence electrons. The average molecular weight is 607 g/mol. The molecule has 1 aromatic carbocycles. The second kappa shape index (κ2) is 10.3. The normalized spacial score (nSPS) is 18.2. The number of carbonyl (C=O) groups is 1. The molecule has 1 N–H and O–H groups in total. The zero-order valence-corrected chi connectivity index (χ0v) is 24.5. The molecule has 3 fully saturated rings. The number of nitrogens with zero attached hydrogens (tertiary/aromatic N) is 4. The number of carboxylic acids is 1. The van der Waals surface area contributed by atoms with E-state index in [-0.39, 0.29) is 16.9 Å². The van der Waals surface area contributed by atoms with Gasteiger partial charge in [-0.25, -0.2) is 9.78 Å². The van der Waals surface area contributed by atoms with Gasteiger partial charge in [0.25, 0.3) is 0 Å². The van der Waals surface area contributed by atoms with Crippen LogP contribution in [0.25, 0.3) is 28.2 Å². The predicted molar refractivity (Wildman–Crippen MR) is 167 cm³/mol. The van der Waals surface area contributed by atoms with Crippen LogP contribution in [0.4, 0.5) is 5.69 Å². The SMILES string of the molecule is [B]C([B])([B])Oc1cc(C(=O)O)nc2ccc(N3CC4(CC(/C=C/c5c(-c6c(Cl)cncc6Cl)noc5C5CC5)C4)C3)cc12. The van der Waals surface area contributed by atoms with Crippen LogP contribution in [-0.2, 0) is 0 Å². The minimum absolute atomic E-state index is 0.161. The minimum atomic E-state index is -1.97. The molecular weight excluding hydrogens is 584 g/mol. The summed E-state index contributed by atoms with van der Waals surface area (Å²) in [5, 5.41) is 13.3. The second-order valence-electron chi connectivity index (χ2n) is 11.9. The van der Waals surface area contributed by atoms with E-state index in [0.717, 1.165) is 55.8 Å². The number of ether oxygens (including phenoxy) is 1. The van der Waals surface area contributed by atoms with Gasteiger partial charge in [-0.3, -0.25) is 4.98 Å². The first kappa shape index (κ1) is 28.4. The summed E-state index contributed by atoms with van der Waals surface area (Å²) in [4.78, 5) is 22.1. The summed E-state index contributed by atoms with van der Waals surface area (Å²) in [6, 6.07) is 6.88. The molecule has 3 aromatic heterocycles. The molecule has 7 rings (SSSR count). The predicted octanol–water partition coefficient (Wildman–Crippen LogP) is 5.59. The highest BCUT2D eigenvalue weighted by molar-refractivity contribution is 6.58. The van der Waals surface area contributed by atoms with Gasteiger partial charge in [-0.2, -0.15) is 0 Å². The number of halogens is 2. The lowest BCUT2D eigenvalue weighted by Gasteiger charge is -2.59. The average Bonchev–Trinajstić information content (AvgIpc) is 3.66. The molecule has 1 spiro atoms. The van der Waals surface area contributed by atoms with E-state index in [2.05, 4.69) is 32.2 Å². The fourth-order valence-electron chi connectivity index (χ4n) is 6.32. The number of anilines is 1. The maximum absolute atomic E-state index is 11.6. The number of aromatic nitrogens is 3. The lowest BCUT2D eigenvalue weighted by Crippen LogP contribution is -2.62. The molecular formula is C30H23B3Cl2N4O4. The van der Waals surface area contributed by atoms with Crippen molar-refractivity contribution in [3.63, 3.8) is 0 Å². The van der Waals surface area contributed by atoms with Gasteiger partial charge in [0.05, 0.1) is 15.6 Å². The van der Waals surface area contributed by atoms with E-state index in [0.29, 0.717) is 44.0 Å². The summed E-state index contributed by atoms with van der Waals surface area (Å²) in [7, 11) is 17.0. The first-order chi connectivity index (χ1) is 20.5. The van der Waals surface area contributed by atoms with Gasteiger partial charge in [-0.05, 0) is 55.1 Å². The molecule has 1 aliphatic heterocycles. The van der Waals surface area contributed by atoms with Crippen molar-refractivity contribution < 1.29 is 19.2 Å². The number of hydrogen-bond acceptors (Lipinski definition) is 7. The Bertz CT molecular complexity index is 1770. The number of carboxylic acid groups (broad SMARTS) is 1. The Morgan fingerprint density at radius 1 is 1.14 bits per heavy atom. The molecule has 0 atom stereocenters. The maximum Gasteiger partial charge on any atom is 0.354 e. The van der Waals surface area contributed by atoms with Gasteiger partial charge in [0.2, 0.25) is 0 Å². The Kier molecular flexibility index (Phi) is 6.82. The van der Waals surface area contributed by atoms with E-state index >= 15 is 0 Å². The van der Waals surface area contributed by atoms with Crippen molar-refractivity contribution in [2.24, 2.45) is 11.3 Å². The molecule has 3 aliphatic rings. The van der Waals surface area contributed by atoms with Crippen molar-refractivity contribution in [2.45, 2.75) is 36.9 Å². The molecule has 8 nitrogen and oxygen atoms in total. The number of benzene rings is 1. The Labute approximate surface area is 262 Å². The maximum atomic E-state index is 11.6. The second-order valence-corrected chi connectivity index (χ2v) is 12.7. The lowest BCUT2D eigenvalue weighted by molar-refractivity contribution is 0.0486. The van der Waals surface area contributed by atoms with Gasteiger partial charge < -0.3 is 19.3 Å². The van der Waals surface area contributed by atoms with Crippen molar-refractivity contribution in [3.05, 3.63) is 69.8 Å². The van der Waals surface area contributed by atoms with Gasteiger partial charge in [0, 0.05) is 65.1 Å². The summed E-state index contributed by atoms with van der Waals surface area (Å²) in [5.74, 6) is 0.666. The molecule has 0 bridgehead atoms. The van der Waals surface area contributed by atoms with Crippen LogP contribution in [0.1, 0.15) is 53.4 Å². The highest BCUT2D eigenvalue weighted by atomic mass is 35.5. The van der Waals surface area contributed by atoms with Gasteiger partial charge in [0.15, 0.2) is 5.69 Å². The number of allylic oxidation sites excluding steroid dienone is 1. The fourth-order valence-corrected chi connectivity index (χ4v) is 6.86. The number of pyridine rings is 2. The molecule has 2 saturated carbocycles. The van der Waals surface area contributed by atoms with E-state index in [1.165, 1.54) is 6.07 Å². The summed E-state index contributed by atoms with van der Waals surface area (Å²) < 4.78 is 11.3. The van der Waals surface area contributed by atoms with E-state index in [4.69, 9.17) is 56.0 Å². The smallest absolute Gasteiger partial charge is 0.354 e. The third-order valence-corrected chi connectivity index (χ3v) is 8.97. The fraction of sp³-hybridized carbons (Fsp3) is 0.333. The Morgan fingerprint density at radius 3 is 2.51 bits per heavy atom. The Balaban J connectivity index is 1.06. The number of fused-ring (bicyclic) bond motifs is 1. The molecule has 2 aliphatic carbocycles. The molecule has 6 radical (unpaired) electrons. The minimum Gasteiger partial charge on any atom is -0.515 e. The first-order valence-corrected chi connectivity index (χ1v) is 14.7. The van der Waals surface area contributed by atoms with Crippen LogP contribution in [0.2, 0.25) is 10.0 Å². The van der Waals surface area contributed by atoms with Crippen molar-refractivity contribution in [2.75, 3.05) is 18.0 Å². The van der Waals surface area contributed by atoms with Crippen LogP contribution in [0.3, 0.4) is 0 Å². The van der Waals surface area contributed by atoms with Crippen LogP contribution < -0.4 is 9.64 Å². The van der Waals surface area contributed by atoms with Gasteiger partial charge in [0.1, 0.15) is 40.7 Å². The Morgan fingerprint density at radius 2 is 1.86 bits per heavy atom.